The molecule has 10 heteroatoms. The molecule has 0 saturated heterocycles. The van der Waals surface area contributed by atoms with Crippen molar-refractivity contribution in [1.82, 2.24) is 20.3 Å². The van der Waals surface area contributed by atoms with Gasteiger partial charge in [-0.25, -0.2) is 18.7 Å². The second kappa shape index (κ2) is 10.7. The first-order valence-electron chi connectivity index (χ1n) is 12.3. The molecular formula is C26H32ClF2N5O2. The highest BCUT2D eigenvalue weighted by Crippen LogP contribution is 2.38. The number of hydrogen-bond acceptors (Lipinski definition) is 5. The molecule has 5 rings (SSSR count). The fourth-order valence-corrected chi connectivity index (χ4v) is 4.98. The molecule has 0 aliphatic heterocycles. The summed E-state index contributed by atoms with van der Waals surface area (Å²) >= 11 is 0. The Morgan fingerprint density at radius 1 is 1.25 bits per heavy atom. The van der Waals surface area contributed by atoms with Crippen molar-refractivity contribution in [2.24, 2.45) is 17.6 Å². The summed E-state index contributed by atoms with van der Waals surface area (Å²) in [7, 11) is 0. The van der Waals surface area contributed by atoms with Crippen LogP contribution < -0.4 is 15.8 Å². The Kier molecular flexibility index (Phi) is 7.80. The number of halogens is 3. The van der Waals surface area contributed by atoms with E-state index in [1.54, 1.807) is 13.0 Å². The summed E-state index contributed by atoms with van der Waals surface area (Å²) in [6.45, 7) is 4.45. The molecule has 2 heterocycles. The Hall–Kier alpha value is -2.78. The first kappa shape index (κ1) is 26.3. The van der Waals surface area contributed by atoms with Gasteiger partial charge in [-0.05, 0) is 69.1 Å². The Bertz CT molecular complexity index is 1250. The second-order valence-electron chi connectivity index (χ2n) is 10.0. The van der Waals surface area contributed by atoms with E-state index in [1.807, 2.05) is 0 Å². The van der Waals surface area contributed by atoms with Crippen LogP contribution in [-0.2, 0) is 0 Å². The fraction of sp³-hybridized carbons (Fsp3) is 0.500. The van der Waals surface area contributed by atoms with Crippen LogP contribution in [0.25, 0.3) is 22.3 Å². The minimum absolute atomic E-state index is 0. The van der Waals surface area contributed by atoms with Crippen molar-refractivity contribution in [3.63, 3.8) is 0 Å². The molecule has 2 aliphatic rings. The number of nitrogens with zero attached hydrogens (tertiary/aromatic N) is 2. The Balaban J connectivity index is 0.00000304. The third-order valence-electron chi connectivity index (χ3n) is 7.21. The summed E-state index contributed by atoms with van der Waals surface area (Å²) in [4.78, 5) is 25.4. The molecule has 2 aromatic heterocycles. The lowest BCUT2D eigenvalue weighted by atomic mass is 9.83. The van der Waals surface area contributed by atoms with E-state index in [0.717, 1.165) is 32.1 Å². The van der Waals surface area contributed by atoms with Gasteiger partial charge < -0.3 is 20.8 Å². The van der Waals surface area contributed by atoms with Gasteiger partial charge in [0.15, 0.2) is 0 Å². The highest BCUT2D eigenvalue weighted by Gasteiger charge is 2.30. The lowest BCUT2D eigenvalue weighted by Gasteiger charge is -2.33. The smallest absolute Gasteiger partial charge is 0.263 e. The maximum atomic E-state index is 13.5. The van der Waals surface area contributed by atoms with Crippen molar-refractivity contribution < 1.29 is 18.3 Å². The number of benzene rings is 1. The van der Waals surface area contributed by atoms with Gasteiger partial charge in [-0.1, -0.05) is 6.92 Å². The summed E-state index contributed by atoms with van der Waals surface area (Å²) in [6.07, 6.45) is 3.54. The quantitative estimate of drug-likeness (QED) is 0.391. The van der Waals surface area contributed by atoms with E-state index in [2.05, 4.69) is 27.2 Å². The van der Waals surface area contributed by atoms with Crippen LogP contribution in [0.4, 0.5) is 8.78 Å². The van der Waals surface area contributed by atoms with Gasteiger partial charge in [0, 0.05) is 28.9 Å². The molecule has 36 heavy (non-hydrogen) atoms. The van der Waals surface area contributed by atoms with Crippen LogP contribution in [0.3, 0.4) is 0 Å². The number of rotatable bonds is 7. The fourth-order valence-electron chi connectivity index (χ4n) is 4.98. The van der Waals surface area contributed by atoms with Crippen LogP contribution in [0.15, 0.2) is 24.5 Å². The van der Waals surface area contributed by atoms with Crippen molar-refractivity contribution in [2.45, 2.75) is 64.5 Å². The molecule has 0 spiro atoms. The van der Waals surface area contributed by atoms with Gasteiger partial charge in [-0.2, -0.15) is 0 Å². The van der Waals surface area contributed by atoms with Crippen LogP contribution in [0.5, 0.6) is 5.75 Å². The zero-order valence-electron chi connectivity index (χ0n) is 20.4. The zero-order chi connectivity index (χ0) is 24.7. The molecule has 2 aliphatic carbocycles. The highest BCUT2D eigenvalue weighted by atomic mass is 35.5. The SMILES string of the molecule is Cc1[nH]c2c(-c3cc(C(F)F)ccc3OCC3CC3)ncnc2c1C(=O)N[C@H]1CC[C@H](N)C[C@@H]1C.Cl. The number of amides is 1. The standard InChI is InChI=1S/C26H31F2N5O2.ClH/c1-13-9-17(29)6-7-19(13)33-26(34)21-14(2)32-24-22(30-12-31-23(21)24)18-10-16(25(27)28)5-8-20(18)35-11-15-3-4-15;/h5,8,10,12-13,15,17,19,25,32H,3-4,6-7,9,11,29H2,1-2H3,(H,33,34);1H/t13-,17-,19-;/m0./s1. The lowest BCUT2D eigenvalue weighted by molar-refractivity contribution is 0.0907. The van der Waals surface area contributed by atoms with Gasteiger partial charge in [-0.3, -0.25) is 4.79 Å². The van der Waals surface area contributed by atoms with E-state index >= 15 is 0 Å². The summed E-state index contributed by atoms with van der Waals surface area (Å²) < 4.78 is 33.1. The van der Waals surface area contributed by atoms with Gasteiger partial charge in [-0.15, -0.1) is 12.4 Å². The van der Waals surface area contributed by atoms with E-state index in [0.29, 0.717) is 51.8 Å². The number of carbonyl (C=O) groups is 1. The number of carbonyl (C=O) groups excluding carboxylic acids is 1. The molecule has 1 aromatic carbocycles. The third kappa shape index (κ3) is 5.32. The predicted octanol–water partition coefficient (Wildman–Crippen LogP) is 5.33. The maximum Gasteiger partial charge on any atom is 0.263 e. The number of aromatic amines is 1. The van der Waals surface area contributed by atoms with Crippen molar-refractivity contribution in [3.05, 3.63) is 41.3 Å². The molecule has 2 saturated carbocycles. The lowest BCUT2D eigenvalue weighted by Crippen LogP contribution is -2.45. The number of nitrogens with one attached hydrogen (secondary N) is 2. The average molecular weight is 520 g/mol. The molecule has 0 radical (unpaired) electrons. The molecule has 0 unspecified atom stereocenters. The normalized spacial score (nSPS) is 21.9. The number of alkyl halides is 2. The second-order valence-corrected chi connectivity index (χ2v) is 10.0. The summed E-state index contributed by atoms with van der Waals surface area (Å²) in [5.41, 5.74) is 8.92. The largest absolute Gasteiger partial charge is 0.493 e. The van der Waals surface area contributed by atoms with Crippen LogP contribution in [0, 0.1) is 18.8 Å². The van der Waals surface area contributed by atoms with Gasteiger partial charge in [0.25, 0.3) is 12.3 Å². The minimum atomic E-state index is -2.62. The minimum Gasteiger partial charge on any atom is -0.493 e. The van der Waals surface area contributed by atoms with Crippen LogP contribution in [0.1, 0.15) is 67.1 Å². The van der Waals surface area contributed by atoms with E-state index in [9.17, 15) is 13.6 Å². The molecule has 4 N–H and O–H groups in total. The molecule has 3 aromatic rings. The molecule has 3 atom stereocenters. The highest BCUT2D eigenvalue weighted by molar-refractivity contribution is 6.09. The number of fused-ring (bicyclic) bond motifs is 1. The van der Waals surface area contributed by atoms with E-state index in [4.69, 9.17) is 10.5 Å². The number of aromatic nitrogens is 3. The van der Waals surface area contributed by atoms with E-state index in [-0.39, 0.29) is 41.9 Å². The van der Waals surface area contributed by atoms with Crippen molar-refractivity contribution in [1.29, 1.82) is 0 Å². The summed E-state index contributed by atoms with van der Waals surface area (Å²) in [6, 6.07) is 4.58. The number of nitrogens with two attached hydrogens (primary N) is 1. The predicted molar refractivity (Wildman–Crippen MR) is 137 cm³/mol. The van der Waals surface area contributed by atoms with E-state index in [1.165, 1.54) is 18.5 Å². The topological polar surface area (TPSA) is 106 Å². The Morgan fingerprint density at radius 2 is 2.03 bits per heavy atom. The van der Waals surface area contributed by atoms with Crippen molar-refractivity contribution in [2.75, 3.05) is 6.61 Å². The Labute approximate surface area is 215 Å². The van der Waals surface area contributed by atoms with Crippen molar-refractivity contribution in [3.8, 4) is 17.0 Å². The van der Waals surface area contributed by atoms with Gasteiger partial charge in [0.2, 0.25) is 0 Å². The molecular weight excluding hydrogens is 488 g/mol. The number of ether oxygens (including phenoxy) is 1. The monoisotopic (exact) mass is 519 g/mol. The van der Waals surface area contributed by atoms with Crippen LogP contribution in [-0.4, -0.2) is 39.5 Å². The van der Waals surface area contributed by atoms with Crippen LogP contribution >= 0.6 is 12.4 Å². The van der Waals surface area contributed by atoms with Gasteiger partial charge in [0.1, 0.15) is 23.3 Å². The third-order valence-corrected chi connectivity index (χ3v) is 7.21. The number of aryl methyl sites for hydroxylation is 1. The van der Waals surface area contributed by atoms with Crippen molar-refractivity contribution >= 4 is 29.3 Å². The summed E-state index contributed by atoms with van der Waals surface area (Å²) in [5.74, 6) is 1.06. The Morgan fingerprint density at radius 3 is 2.72 bits per heavy atom. The first-order chi connectivity index (χ1) is 16.8. The number of H-pyrrole nitrogens is 1. The summed E-state index contributed by atoms with van der Waals surface area (Å²) in [5, 5.41) is 3.16. The first-order valence-corrected chi connectivity index (χ1v) is 12.3. The van der Waals surface area contributed by atoms with Gasteiger partial charge in [0.05, 0.1) is 17.7 Å². The number of hydrogen-bond donors (Lipinski definition) is 3. The zero-order valence-corrected chi connectivity index (χ0v) is 21.2. The molecule has 1 amide bonds. The molecule has 7 nitrogen and oxygen atoms in total. The molecule has 194 valence electrons. The maximum absolute atomic E-state index is 13.5. The van der Waals surface area contributed by atoms with Crippen LogP contribution in [0.2, 0.25) is 0 Å². The average Bonchev–Trinajstić information content (AvgIpc) is 3.59. The van der Waals surface area contributed by atoms with E-state index < -0.39 is 6.43 Å². The molecule has 0 bridgehead atoms. The molecule has 2 fully saturated rings. The van der Waals surface area contributed by atoms with Gasteiger partial charge >= 0.3 is 0 Å².